The molecule has 2 unspecified atom stereocenters. The van der Waals surface area contributed by atoms with E-state index in [-0.39, 0.29) is 5.79 Å². The molecule has 84 valence electrons. The Balaban J connectivity index is 2.14. The second-order valence-electron chi connectivity index (χ2n) is 4.01. The molecule has 0 aromatic heterocycles. The Labute approximate surface area is 95.3 Å². The third-order valence-corrected chi connectivity index (χ3v) is 3.44. The lowest BCUT2D eigenvalue weighted by atomic mass is 9.97. The molecule has 2 heterocycles. The molecule has 2 atom stereocenters. The van der Waals surface area contributed by atoms with E-state index < -0.39 is 0 Å². The molecule has 2 aliphatic heterocycles. The van der Waals surface area contributed by atoms with Crippen LogP contribution in [0.5, 0.6) is 0 Å². The lowest BCUT2D eigenvalue weighted by Gasteiger charge is -2.37. The Morgan fingerprint density at radius 2 is 2.60 bits per heavy atom. The summed E-state index contributed by atoms with van der Waals surface area (Å²) in [4.78, 5) is 6.86. The standard InChI is InChI=1S/C10H18N4S/c1-3-11-10(12-8-15-13-10)9-5-4-6-14(2)7-9/h4-5,8-9,11,13H,3,6-7H2,1-2H3. The molecule has 0 saturated heterocycles. The third-order valence-electron chi connectivity index (χ3n) is 2.80. The van der Waals surface area contributed by atoms with Crippen LogP contribution in [0.1, 0.15) is 6.92 Å². The van der Waals surface area contributed by atoms with Crippen molar-refractivity contribution in [1.29, 1.82) is 0 Å². The zero-order chi connectivity index (χ0) is 10.7. The molecule has 0 spiro atoms. The summed E-state index contributed by atoms with van der Waals surface area (Å²) in [6, 6.07) is 0. The number of nitrogens with zero attached hydrogens (tertiary/aromatic N) is 2. The fourth-order valence-electron chi connectivity index (χ4n) is 2.05. The summed E-state index contributed by atoms with van der Waals surface area (Å²) in [6.07, 6.45) is 4.48. The molecule has 2 rings (SSSR count). The predicted molar refractivity (Wildman–Crippen MR) is 65.8 cm³/mol. The summed E-state index contributed by atoms with van der Waals surface area (Å²) < 4.78 is 3.37. The summed E-state index contributed by atoms with van der Waals surface area (Å²) in [5.74, 6) is 0.0902. The molecule has 4 nitrogen and oxygen atoms in total. The van der Waals surface area contributed by atoms with Crippen molar-refractivity contribution in [1.82, 2.24) is 14.9 Å². The van der Waals surface area contributed by atoms with Crippen LogP contribution >= 0.6 is 11.9 Å². The summed E-state index contributed by atoms with van der Waals surface area (Å²) in [6.45, 7) is 5.10. The smallest absolute Gasteiger partial charge is 0.182 e. The fourth-order valence-corrected chi connectivity index (χ4v) is 2.78. The zero-order valence-corrected chi connectivity index (χ0v) is 10.0. The second kappa shape index (κ2) is 4.65. The largest absolute Gasteiger partial charge is 0.302 e. The van der Waals surface area contributed by atoms with Gasteiger partial charge in [-0.2, -0.15) is 0 Å². The van der Waals surface area contributed by atoms with Crippen molar-refractivity contribution in [2.45, 2.75) is 12.7 Å². The number of nitrogens with one attached hydrogen (secondary N) is 2. The van der Waals surface area contributed by atoms with E-state index in [1.165, 1.54) is 0 Å². The van der Waals surface area contributed by atoms with Gasteiger partial charge in [-0.05, 0) is 25.5 Å². The van der Waals surface area contributed by atoms with Crippen molar-refractivity contribution in [2.24, 2.45) is 10.9 Å². The van der Waals surface area contributed by atoms with Gasteiger partial charge in [0.1, 0.15) is 0 Å². The minimum atomic E-state index is -0.301. The molecule has 0 amide bonds. The summed E-state index contributed by atoms with van der Waals surface area (Å²) in [5.41, 5.74) is 1.88. The number of aliphatic imine (C=N–C) groups is 1. The lowest BCUT2D eigenvalue weighted by Crippen LogP contribution is -2.58. The molecule has 0 radical (unpaired) electrons. The minimum Gasteiger partial charge on any atom is -0.302 e. The summed E-state index contributed by atoms with van der Waals surface area (Å²) in [5, 5.41) is 3.44. The number of likely N-dealkylation sites (N-methyl/N-ethyl adjacent to an activating group) is 1. The Bertz CT molecular complexity index is 279. The van der Waals surface area contributed by atoms with Gasteiger partial charge < -0.3 is 4.90 Å². The fraction of sp³-hybridized carbons (Fsp3) is 0.700. The van der Waals surface area contributed by atoms with Gasteiger partial charge in [-0.15, -0.1) is 0 Å². The Hall–Kier alpha value is -0.360. The van der Waals surface area contributed by atoms with E-state index in [1.807, 2.05) is 5.55 Å². The van der Waals surface area contributed by atoms with Crippen LogP contribution in [0, 0.1) is 5.92 Å². The van der Waals surface area contributed by atoms with E-state index in [9.17, 15) is 0 Å². The predicted octanol–water partition coefficient (Wildman–Crippen LogP) is 0.647. The van der Waals surface area contributed by atoms with Gasteiger partial charge in [-0.1, -0.05) is 19.1 Å². The van der Waals surface area contributed by atoms with Crippen LogP contribution in [0.4, 0.5) is 0 Å². The van der Waals surface area contributed by atoms with Crippen LogP contribution in [-0.4, -0.2) is 42.9 Å². The van der Waals surface area contributed by atoms with Crippen LogP contribution in [0.15, 0.2) is 17.1 Å². The molecule has 2 N–H and O–H groups in total. The van der Waals surface area contributed by atoms with Crippen LogP contribution in [0.2, 0.25) is 0 Å². The van der Waals surface area contributed by atoms with Crippen LogP contribution < -0.4 is 10.0 Å². The minimum absolute atomic E-state index is 0.301. The van der Waals surface area contributed by atoms with E-state index in [4.69, 9.17) is 0 Å². The SMILES string of the molecule is CCNC1(C2C=CCN(C)C2)N=CSN1. The first kappa shape index (κ1) is 11.1. The first-order valence-corrected chi connectivity index (χ1v) is 6.21. The van der Waals surface area contributed by atoms with Crippen LogP contribution in [0.25, 0.3) is 0 Å². The molecular formula is C10H18N4S. The van der Waals surface area contributed by atoms with Gasteiger partial charge in [-0.3, -0.25) is 5.32 Å². The molecule has 2 aliphatic rings. The van der Waals surface area contributed by atoms with E-state index in [1.54, 1.807) is 11.9 Å². The molecule has 0 aliphatic carbocycles. The molecule has 0 bridgehead atoms. The zero-order valence-electron chi connectivity index (χ0n) is 9.23. The van der Waals surface area contributed by atoms with Gasteiger partial charge in [-0.25, -0.2) is 9.71 Å². The van der Waals surface area contributed by atoms with Crippen molar-refractivity contribution in [2.75, 3.05) is 26.7 Å². The average molecular weight is 226 g/mol. The number of hydrogen-bond acceptors (Lipinski definition) is 5. The highest BCUT2D eigenvalue weighted by molar-refractivity contribution is 8.10. The Morgan fingerprint density at radius 3 is 3.20 bits per heavy atom. The van der Waals surface area contributed by atoms with E-state index >= 15 is 0 Å². The topological polar surface area (TPSA) is 39.7 Å². The quantitative estimate of drug-likeness (QED) is 0.547. The van der Waals surface area contributed by atoms with E-state index in [2.05, 4.69) is 46.1 Å². The molecule has 0 aromatic rings. The first-order valence-electron chi connectivity index (χ1n) is 5.33. The van der Waals surface area contributed by atoms with E-state index in [0.717, 1.165) is 19.6 Å². The van der Waals surface area contributed by atoms with Crippen molar-refractivity contribution < 1.29 is 0 Å². The molecular weight excluding hydrogens is 208 g/mol. The van der Waals surface area contributed by atoms with Crippen molar-refractivity contribution >= 4 is 17.5 Å². The number of rotatable bonds is 3. The first-order chi connectivity index (χ1) is 7.27. The monoisotopic (exact) mass is 226 g/mol. The normalized spacial score (nSPS) is 36.3. The van der Waals surface area contributed by atoms with Gasteiger partial charge in [0.05, 0.1) is 5.55 Å². The number of hydrogen-bond donors (Lipinski definition) is 2. The highest BCUT2D eigenvalue weighted by Gasteiger charge is 2.39. The van der Waals surface area contributed by atoms with Crippen molar-refractivity contribution in [3.8, 4) is 0 Å². The highest BCUT2D eigenvalue weighted by atomic mass is 32.2. The Morgan fingerprint density at radius 1 is 1.73 bits per heavy atom. The highest BCUT2D eigenvalue weighted by Crippen LogP contribution is 2.27. The van der Waals surface area contributed by atoms with Gasteiger partial charge in [0.2, 0.25) is 0 Å². The van der Waals surface area contributed by atoms with Gasteiger partial charge in [0.15, 0.2) is 5.79 Å². The van der Waals surface area contributed by atoms with Crippen LogP contribution in [-0.2, 0) is 0 Å². The summed E-state index contributed by atoms with van der Waals surface area (Å²) in [7, 11) is 2.14. The van der Waals surface area contributed by atoms with Crippen molar-refractivity contribution in [3.05, 3.63) is 12.2 Å². The summed E-state index contributed by atoms with van der Waals surface area (Å²) >= 11 is 1.56. The molecule has 0 aromatic carbocycles. The molecule has 15 heavy (non-hydrogen) atoms. The van der Waals surface area contributed by atoms with Crippen LogP contribution in [0.3, 0.4) is 0 Å². The van der Waals surface area contributed by atoms with Gasteiger partial charge in [0, 0.05) is 19.0 Å². The maximum atomic E-state index is 4.55. The average Bonchev–Trinajstić information content (AvgIpc) is 2.68. The third kappa shape index (κ3) is 2.25. The maximum absolute atomic E-state index is 4.55. The molecule has 0 fully saturated rings. The molecule has 5 heteroatoms. The maximum Gasteiger partial charge on any atom is 0.182 e. The van der Waals surface area contributed by atoms with Gasteiger partial charge in [0.25, 0.3) is 0 Å². The van der Waals surface area contributed by atoms with E-state index in [0.29, 0.717) is 5.92 Å². The van der Waals surface area contributed by atoms with Gasteiger partial charge >= 0.3 is 0 Å². The Kier molecular flexibility index (Phi) is 3.45. The molecule has 0 saturated carbocycles. The lowest BCUT2D eigenvalue weighted by molar-refractivity contribution is 0.188. The van der Waals surface area contributed by atoms with Crippen molar-refractivity contribution in [3.63, 3.8) is 0 Å². The second-order valence-corrected chi connectivity index (χ2v) is 4.66.